The number of rotatable bonds is 14. The van der Waals surface area contributed by atoms with E-state index in [2.05, 4.69) is 28.6 Å². The van der Waals surface area contributed by atoms with Gasteiger partial charge >= 0.3 is 5.97 Å². The zero-order valence-electron chi connectivity index (χ0n) is 18.4. The van der Waals surface area contributed by atoms with Crippen molar-refractivity contribution in [2.24, 2.45) is 23.3 Å². The van der Waals surface area contributed by atoms with Crippen LogP contribution in [0.5, 0.6) is 0 Å². The number of nitrogens with one attached hydrogen (secondary N) is 3. The van der Waals surface area contributed by atoms with Gasteiger partial charge in [0, 0.05) is 5.75 Å². The molecule has 4 amide bonds. The van der Waals surface area contributed by atoms with E-state index in [4.69, 9.17) is 11.5 Å². The number of aliphatic carboxylic acids is 1. The second-order valence-corrected chi connectivity index (χ2v) is 8.61. The van der Waals surface area contributed by atoms with Crippen LogP contribution in [0.3, 0.4) is 0 Å². The maximum Gasteiger partial charge on any atom is 0.326 e. The number of thiol groups is 1. The number of nitrogens with two attached hydrogens (primary N) is 2. The van der Waals surface area contributed by atoms with Gasteiger partial charge in [0.15, 0.2) is 0 Å². The summed E-state index contributed by atoms with van der Waals surface area (Å²) >= 11 is 4.05. The van der Waals surface area contributed by atoms with Gasteiger partial charge in [-0.2, -0.15) is 12.6 Å². The van der Waals surface area contributed by atoms with Gasteiger partial charge in [-0.05, 0) is 24.7 Å². The van der Waals surface area contributed by atoms with E-state index in [0.717, 1.165) is 0 Å². The molecule has 0 rings (SSSR count). The predicted octanol–water partition coefficient (Wildman–Crippen LogP) is -1.25. The van der Waals surface area contributed by atoms with Gasteiger partial charge in [-0.1, -0.05) is 27.7 Å². The molecule has 8 N–H and O–H groups in total. The average molecular weight is 462 g/mol. The van der Waals surface area contributed by atoms with Gasteiger partial charge in [0.2, 0.25) is 23.6 Å². The minimum atomic E-state index is -1.23. The van der Waals surface area contributed by atoms with E-state index in [1.54, 1.807) is 0 Å². The minimum Gasteiger partial charge on any atom is -0.480 e. The Morgan fingerprint density at radius 3 is 1.65 bits per heavy atom. The van der Waals surface area contributed by atoms with Gasteiger partial charge in [0.05, 0.1) is 12.5 Å². The fraction of sp³-hybridized carbons (Fsp3) is 0.737. The third-order valence-corrected chi connectivity index (χ3v) is 4.60. The van der Waals surface area contributed by atoms with Crippen LogP contribution in [0.2, 0.25) is 0 Å². The van der Waals surface area contributed by atoms with E-state index in [0.29, 0.717) is 0 Å². The van der Waals surface area contributed by atoms with Crippen LogP contribution in [0.25, 0.3) is 0 Å². The first kappa shape index (κ1) is 28.7. The molecule has 0 aliphatic carbocycles. The molecule has 0 saturated heterocycles. The highest BCUT2D eigenvalue weighted by atomic mass is 32.1. The van der Waals surface area contributed by atoms with E-state index >= 15 is 0 Å². The summed E-state index contributed by atoms with van der Waals surface area (Å²) in [6.45, 7) is 7.35. The molecule has 0 fully saturated rings. The molecule has 11 nitrogen and oxygen atoms in total. The summed E-state index contributed by atoms with van der Waals surface area (Å²) in [5.41, 5.74) is 10.6. The number of amides is 4. The molecule has 0 aliphatic heterocycles. The third kappa shape index (κ3) is 11.6. The summed E-state index contributed by atoms with van der Waals surface area (Å²) in [4.78, 5) is 59.8. The number of hydrogen-bond acceptors (Lipinski definition) is 7. The van der Waals surface area contributed by atoms with Crippen LogP contribution < -0.4 is 27.4 Å². The lowest BCUT2D eigenvalue weighted by molar-refractivity contribution is -0.142. The van der Waals surface area contributed by atoms with Crippen LogP contribution in [0.4, 0.5) is 0 Å². The molecule has 31 heavy (non-hydrogen) atoms. The Kier molecular flexibility index (Phi) is 12.8. The van der Waals surface area contributed by atoms with E-state index in [-0.39, 0.29) is 30.4 Å². The number of carboxylic acids is 1. The molecule has 4 atom stereocenters. The normalized spacial score (nSPS) is 15.0. The Hall–Kier alpha value is -2.34. The maximum atomic E-state index is 12.7. The Bertz CT molecular complexity index is 658. The van der Waals surface area contributed by atoms with Crippen molar-refractivity contribution in [3.05, 3.63) is 0 Å². The van der Waals surface area contributed by atoms with Gasteiger partial charge in [0.25, 0.3) is 0 Å². The summed E-state index contributed by atoms with van der Waals surface area (Å²) in [7, 11) is 0. The van der Waals surface area contributed by atoms with Crippen molar-refractivity contribution in [2.45, 2.75) is 71.1 Å². The van der Waals surface area contributed by atoms with Gasteiger partial charge in [-0.25, -0.2) is 4.79 Å². The molecule has 0 aromatic carbocycles. The SMILES string of the molecule is CC(C)CC(NC(=O)C(CC(C)C)NC(=O)C(CS)NC(=O)C(N)CC(N)=O)C(=O)O. The van der Waals surface area contributed by atoms with Crippen LogP contribution in [0, 0.1) is 11.8 Å². The fourth-order valence-corrected chi connectivity index (χ4v) is 2.98. The van der Waals surface area contributed by atoms with Crippen LogP contribution in [0.15, 0.2) is 0 Å². The Morgan fingerprint density at radius 2 is 1.23 bits per heavy atom. The number of primary amides is 1. The number of hydrogen-bond donors (Lipinski definition) is 7. The van der Waals surface area contributed by atoms with Crippen molar-refractivity contribution < 1.29 is 29.1 Å². The topological polar surface area (TPSA) is 194 Å². The van der Waals surface area contributed by atoms with Gasteiger partial charge in [-0.3, -0.25) is 19.2 Å². The van der Waals surface area contributed by atoms with Crippen molar-refractivity contribution in [1.29, 1.82) is 0 Å². The fourth-order valence-electron chi connectivity index (χ4n) is 2.72. The molecular weight excluding hydrogens is 426 g/mol. The zero-order valence-corrected chi connectivity index (χ0v) is 19.3. The number of carboxylic acid groups (broad SMARTS) is 1. The van der Waals surface area contributed by atoms with Crippen LogP contribution in [0.1, 0.15) is 47.0 Å². The Labute approximate surface area is 187 Å². The van der Waals surface area contributed by atoms with E-state index in [1.165, 1.54) is 0 Å². The first-order valence-corrected chi connectivity index (χ1v) is 10.7. The maximum absolute atomic E-state index is 12.7. The second kappa shape index (κ2) is 13.9. The monoisotopic (exact) mass is 461 g/mol. The van der Waals surface area contributed by atoms with Crippen LogP contribution in [-0.2, 0) is 24.0 Å². The van der Waals surface area contributed by atoms with Crippen molar-refractivity contribution >= 4 is 42.2 Å². The first-order chi connectivity index (χ1) is 14.3. The molecule has 4 unspecified atom stereocenters. The van der Waals surface area contributed by atoms with Crippen molar-refractivity contribution in [1.82, 2.24) is 16.0 Å². The van der Waals surface area contributed by atoms with Crippen LogP contribution >= 0.6 is 12.6 Å². The van der Waals surface area contributed by atoms with Crippen molar-refractivity contribution in [3.63, 3.8) is 0 Å². The first-order valence-electron chi connectivity index (χ1n) is 10.1. The lowest BCUT2D eigenvalue weighted by atomic mass is 10.0. The summed E-state index contributed by atoms with van der Waals surface area (Å²) in [5, 5.41) is 16.7. The largest absolute Gasteiger partial charge is 0.480 e. The third-order valence-electron chi connectivity index (χ3n) is 4.24. The quantitative estimate of drug-likeness (QED) is 0.157. The Balaban J connectivity index is 5.27. The molecular formula is C19H35N5O6S. The molecule has 0 aliphatic rings. The highest BCUT2D eigenvalue weighted by Gasteiger charge is 2.30. The van der Waals surface area contributed by atoms with E-state index in [1.807, 2.05) is 27.7 Å². The van der Waals surface area contributed by atoms with E-state index in [9.17, 15) is 29.1 Å². The number of carbonyl (C=O) groups excluding carboxylic acids is 4. The summed E-state index contributed by atoms with van der Waals surface area (Å²) < 4.78 is 0. The van der Waals surface area contributed by atoms with Crippen molar-refractivity contribution in [3.8, 4) is 0 Å². The molecule has 0 aromatic heterocycles. The van der Waals surface area contributed by atoms with Gasteiger partial charge in [-0.15, -0.1) is 0 Å². The number of carbonyl (C=O) groups is 5. The molecule has 0 saturated carbocycles. The summed E-state index contributed by atoms with van der Waals surface area (Å²) in [6, 6.07) is -4.45. The molecule has 12 heteroatoms. The zero-order chi connectivity index (χ0) is 24.3. The smallest absolute Gasteiger partial charge is 0.326 e. The Morgan fingerprint density at radius 1 is 0.806 bits per heavy atom. The van der Waals surface area contributed by atoms with E-state index < -0.39 is 60.2 Å². The standard InChI is InChI=1S/C19H35N5O6S/c1-9(2)5-12(17(27)23-13(19(29)30)6-10(3)4)22-18(28)14(8-31)24-16(26)11(20)7-15(21)25/h9-14,31H,5-8,20H2,1-4H3,(H2,21,25)(H,22,28)(H,23,27)(H,24,26)(H,29,30). The summed E-state index contributed by atoms with van der Waals surface area (Å²) in [5.74, 6) is -4.07. The lowest BCUT2D eigenvalue weighted by Crippen LogP contribution is -2.58. The second-order valence-electron chi connectivity index (χ2n) is 8.24. The average Bonchev–Trinajstić information content (AvgIpc) is 2.62. The predicted molar refractivity (Wildman–Crippen MR) is 118 cm³/mol. The highest BCUT2D eigenvalue weighted by molar-refractivity contribution is 7.80. The summed E-state index contributed by atoms with van der Waals surface area (Å²) in [6.07, 6.45) is 0.0913. The highest BCUT2D eigenvalue weighted by Crippen LogP contribution is 2.09. The molecule has 0 aromatic rings. The molecule has 0 heterocycles. The molecule has 0 radical (unpaired) electrons. The lowest BCUT2D eigenvalue weighted by Gasteiger charge is -2.25. The van der Waals surface area contributed by atoms with Crippen LogP contribution in [-0.4, -0.2) is 64.6 Å². The van der Waals surface area contributed by atoms with Crippen molar-refractivity contribution in [2.75, 3.05) is 5.75 Å². The van der Waals surface area contributed by atoms with Gasteiger partial charge in [0.1, 0.15) is 18.1 Å². The molecule has 178 valence electrons. The van der Waals surface area contributed by atoms with Gasteiger partial charge < -0.3 is 32.5 Å². The minimum absolute atomic E-state index is 0.0115. The molecule has 0 bridgehead atoms. The molecule has 0 spiro atoms.